The average Bonchev–Trinajstić information content (AvgIpc) is 2.76. The Hall–Kier alpha value is -2.04. The van der Waals surface area contributed by atoms with Crippen molar-refractivity contribution in [3.63, 3.8) is 0 Å². The Labute approximate surface area is 175 Å². The van der Waals surface area contributed by atoms with Gasteiger partial charge in [-0.1, -0.05) is 42.0 Å². The number of aryl methyl sites for hydroxylation is 1. The Morgan fingerprint density at radius 2 is 1.14 bits per heavy atom. The van der Waals surface area contributed by atoms with E-state index >= 15 is 0 Å². The van der Waals surface area contributed by atoms with Gasteiger partial charge in [0, 0.05) is 0 Å². The SMILES string of the molecule is COc1ccc(C2(c3ccc(Oc4ccc(C)cc4)cc3)SCCCS2)cc1. The van der Waals surface area contributed by atoms with Crippen LogP contribution in [0, 0.1) is 6.92 Å². The number of hydrogen-bond acceptors (Lipinski definition) is 4. The fourth-order valence-electron chi connectivity index (χ4n) is 3.33. The summed E-state index contributed by atoms with van der Waals surface area (Å²) in [6.07, 6.45) is 1.25. The molecular weight excluding hydrogens is 384 g/mol. The average molecular weight is 409 g/mol. The van der Waals surface area contributed by atoms with Crippen LogP contribution in [0.4, 0.5) is 0 Å². The van der Waals surface area contributed by atoms with Gasteiger partial charge in [0.1, 0.15) is 21.3 Å². The van der Waals surface area contributed by atoms with E-state index in [-0.39, 0.29) is 4.08 Å². The minimum absolute atomic E-state index is 0.0765. The molecule has 1 heterocycles. The Morgan fingerprint density at radius 3 is 1.64 bits per heavy atom. The molecule has 0 aliphatic carbocycles. The third-order valence-electron chi connectivity index (χ3n) is 4.86. The molecule has 0 spiro atoms. The van der Waals surface area contributed by atoms with Gasteiger partial charge in [0.2, 0.25) is 0 Å². The number of benzene rings is 3. The lowest BCUT2D eigenvalue weighted by Crippen LogP contribution is -2.24. The van der Waals surface area contributed by atoms with Crippen LogP contribution in [0.15, 0.2) is 72.8 Å². The number of thioether (sulfide) groups is 2. The van der Waals surface area contributed by atoms with Gasteiger partial charge in [-0.05, 0) is 72.4 Å². The third kappa shape index (κ3) is 4.03. The second-order valence-electron chi connectivity index (χ2n) is 6.84. The molecule has 1 aliphatic rings. The molecular formula is C24H24O2S2. The first-order valence-corrected chi connectivity index (χ1v) is 11.4. The normalized spacial score (nSPS) is 15.8. The minimum Gasteiger partial charge on any atom is -0.497 e. The van der Waals surface area contributed by atoms with E-state index in [0.717, 1.165) is 17.2 Å². The van der Waals surface area contributed by atoms with Crippen LogP contribution >= 0.6 is 23.5 Å². The summed E-state index contributed by atoms with van der Waals surface area (Å²) in [5, 5.41) is 0. The molecule has 2 nitrogen and oxygen atoms in total. The molecule has 0 amide bonds. The molecule has 1 fully saturated rings. The summed E-state index contributed by atoms with van der Waals surface area (Å²) in [5.41, 5.74) is 3.86. The smallest absolute Gasteiger partial charge is 0.127 e. The third-order valence-corrected chi connectivity index (χ3v) is 8.31. The quantitative estimate of drug-likeness (QED) is 0.458. The Bertz CT molecular complexity index is 897. The summed E-state index contributed by atoms with van der Waals surface area (Å²) in [6, 6.07) is 25.2. The summed E-state index contributed by atoms with van der Waals surface area (Å²) >= 11 is 4.05. The van der Waals surface area contributed by atoms with E-state index in [1.807, 2.05) is 35.7 Å². The van der Waals surface area contributed by atoms with Crippen molar-refractivity contribution in [2.45, 2.75) is 17.4 Å². The molecule has 28 heavy (non-hydrogen) atoms. The van der Waals surface area contributed by atoms with Gasteiger partial charge < -0.3 is 9.47 Å². The van der Waals surface area contributed by atoms with Crippen molar-refractivity contribution in [1.82, 2.24) is 0 Å². The zero-order valence-electron chi connectivity index (χ0n) is 16.2. The van der Waals surface area contributed by atoms with Crippen molar-refractivity contribution in [3.05, 3.63) is 89.5 Å². The highest BCUT2D eigenvalue weighted by atomic mass is 32.2. The highest BCUT2D eigenvalue weighted by Gasteiger charge is 2.37. The second-order valence-corrected chi connectivity index (χ2v) is 9.71. The number of ether oxygens (including phenoxy) is 2. The van der Waals surface area contributed by atoms with Gasteiger partial charge in [0.15, 0.2) is 0 Å². The lowest BCUT2D eigenvalue weighted by Gasteiger charge is -2.37. The van der Waals surface area contributed by atoms with Crippen molar-refractivity contribution < 1.29 is 9.47 Å². The van der Waals surface area contributed by atoms with Crippen molar-refractivity contribution in [2.75, 3.05) is 18.6 Å². The predicted molar refractivity (Wildman–Crippen MR) is 121 cm³/mol. The van der Waals surface area contributed by atoms with Crippen LogP contribution in [-0.4, -0.2) is 18.6 Å². The molecule has 0 saturated carbocycles. The maximum absolute atomic E-state index is 6.01. The van der Waals surface area contributed by atoms with Crippen LogP contribution in [0.2, 0.25) is 0 Å². The van der Waals surface area contributed by atoms with E-state index in [2.05, 4.69) is 67.6 Å². The van der Waals surface area contributed by atoms with Crippen LogP contribution in [0.5, 0.6) is 17.2 Å². The number of methoxy groups -OCH3 is 1. The van der Waals surface area contributed by atoms with Crippen molar-refractivity contribution in [2.24, 2.45) is 0 Å². The fourth-order valence-corrected chi connectivity index (χ4v) is 6.71. The van der Waals surface area contributed by atoms with Crippen LogP contribution in [0.25, 0.3) is 0 Å². The van der Waals surface area contributed by atoms with E-state index < -0.39 is 0 Å². The molecule has 0 atom stereocenters. The van der Waals surface area contributed by atoms with E-state index in [9.17, 15) is 0 Å². The number of hydrogen-bond donors (Lipinski definition) is 0. The zero-order valence-corrected chi connectivity index (χ0v) is 17.8. The molecule has 0 bridgehead atoms. The lowest BCUT2D eigenvalue weighted by atomic mass is 10.0. The Morgan fingerprint density at radius 1 is 0.679 bits per heavy atom. The van der Waals surface area contributed by atoms with Crippen molar-refractivity contribution in [3.8, 4) is 17.2 Å². The molecule has 4 rings (SSSR count). The fraction of sp³-hybridized carbons (Fsp3) is 0.250. The summed E-state index contributed by atoms with van der Waals surface area (Å²) in [7, 11) is 1.71. The van der Waals surface area contributed by atoms with Gasteiger partial charge >= 0.3 is 0 Å². The molecule has 4 heteroatoms. The standard InChI is InChI=1S/C24H24O2S2/c1-18-4-10-22(11-5-18)26-23-14-8-20(9-15-23)24(27-16-3-17-28-24)19-6-12-21(25-2)13-7-19/h4-15H,3,16-17H2,1-2H3. The highest BCUT2D eigenvalue weighted by molar-refractivity contribution is 8.18. The first kappa shape index (κ1) is 19.3. The number of rotatable bonds is 5. The monoisotopic (exact) mass is 408 g/mol. The van der Waals surface area contributed by atoms with Gasteiger partial charge in [0.05, 0.1) is 7.11 Å². The van der Waals surface area contributed by atoms with Crippen LogP contribution < -0.4 is 9.47 Å². The summed E-state index contributed by atoms with van der Waals surface area (Å²) in [4.78, 5) is 0. The Kier molecular flexibility index (Phi) is 5.88. The van der Waals surface area contributed by atoms with Crippen LogP contribution in [0.1, 0.15) is 23.1 Å². The first-order valence-electron chi connectivity index (χ1n) is 9.47. The molecule has 0 radical (unpaired) electrons. The topological polar surface area (TPSA) is 18.5 Å². The first-order chi connectivity index (χ1) is 13.7. The van der Waals surface area contributed by atoms with Gasteiger partial charge in [0.25, 0.3) is 0 Å². The van der Waals surface area contributed by atoms with Gasteiger partial charge in [-0.2, -0.15) is 0 Å². The van der Waals surface area contributed by atoms with E-state index in [4.69, 9.17) is 9.47 Å². The van der Waals surface area contributed by atoms with Gasteiger partial charge in [-0.25, -0.2) is 0 Å². The zero-order chi connectivity index (χ0) is 19.4. The maximum Gasteiger partial charge on any atom is 0.127 e. The molecule has 3 aromatic carbocycles. The van der Waals surface area contributed by atoms with Crippen LogP contribution in [0.3, 0.4) is 0 Å². The molecule has 1 saturated heterocycles. The molecule has 0 N–H and O–H groups in total. The maximum atomic E-state index is 6.01. The highest BCUT2D eigenvalue weighted by Crippen LogP contribution is 2.55. The molecule has 3 aromatic rings. The summed E-state index contributed by atoms with van der Waals surface area (Å²) in [6.45, 7) is 2.08. The van der Waals surface area contributed by atoms with Crippen molar-refractivity contribution >= 4 is 23.5 Å². The summed E-state index contributed by atoms with van der Waals surface area (Å²) < 4.78 is 11.3. The minimum atomic E-state index is -0.0765. The lowest BCUT2D eigenvalue weighted by molar-refractivity contribution is 0.414. The molecule has 0 aromatic heterocycles. The molecule has 1 aliphatic heterocycles. The van der Waals surface area contributed by atoms with Gasteiger partial charge in [-0.15, -0.1) is 23.5 Å². The van der Waals surface area contributed by atoms with Crippen LogP contribution in [-0.2, 0) is 4.08 Å². The van der Waals surface area contributed by atoms with Crippen molar-refractivity contribution in [1.29, 1.82) is 0 Å². The van der Waals surface area contributed by atoms with E-state index in [0.29, 0.717) is 0 Å². The second kappa shape index (κ2) is 8.54. The summed E-state index contributed by atoms with van der Waals surface area (Å²) in [5.74, 6) is 4.96. The van der Waals surface area contributed by atoms with E-state index in [1.165, 1.54) is 34.6 Å². The predicted octanol–water partition coefficient (Wildman–Crippen LogP) is 6.87. The molecule has 144 valence electrons. The largest absolute Gasteiger partial charge is 0.497 e. The Balaban J connectivity index is 1.62. The van der Waals surface area contributed by atoms with Gasteiger partial charge in [-0.3, -0.25) is 0 Å². The molecule has 0 unspecified atom stereocenters. The van der Waals surface area contributed by atoms with E-state index in [1.54, 1.807) is 7.11 Å².